The van der Waals surface area contributed by atoms with Crippen LogP contribution in [-0.2, 0) is 0 Å². The highest BCUT2D eigenvalue weighted by Crippen LogP contribution is 2.34. The smallest absolute Gasteiger partial charge is 0.252 e. The first-order valence-electron chi connectivity index (χ1n) is 7.70. The lowest BCUT2D eigenvalue weighted by atomic mass is 10.1. The molecule has 1 aliphatic heterocycles. The highest BCUT2D eigenvalue weighted by molar-refractivity contribution is 6.68. The number of carbonyl (C=O) groups excluding carboxylic acids is 1. The second-order valence-electron chi connectivity index (χ2n) is 5.58. The van der Waals surface area contributed by atoms with Crippen LogP contribution in [0.15, 0.2) is 18.2 Å². The Morgan fingerprint density at radius 1 is 1.12 bits per heavy atom. The van der Waals surface area contributed by atoms with Gasteiger partial charge in [0.1, 0.15) is 6.17 Å². The fourth-order valence-corrected chi connectivity index (χ4v) is 3.32. The van der Waals surface area contributed by atoms with Gasteiger partial charge in [-0.1, -0.05) is 41.2 Å². The first-order valence-corrected chi connectivity index (χ1v) is 8.84. The molecule has 24 heavy (non-hydrogen) atoms. The van der Waals surface area contributed by atoms with Gasteiger partial charge in [-0.2, -0.15) is 0 Å². The highest BCUT2D eigenvalue weighted by Gasteiger charge is 2.39. The number of carbonyl (C=O) groups is 1. The summed E-state index contributed by atoms with van der Waals surface area (Å²) in [5.41, 5.74) is 0.406. The number of hydrogen-bond donors (Lipinski definition) is 1. The van der Waals surface area contributed by atoms with Crippen LogP contribution in [0, 0.1) is 0 Å². The third kappa shape index (κ3) is 4.82. The quantitative estimate of drug-likeness (QED) is 0.774. The van der Waals surface area contributed by atoms with Crippen molar-refractivity contribution in [3.63, 3.8) is 0 Å². The number of nitrogens with zero attached hydrogens (tertiary/aromatic N) is 1. The SMILES string of the molecule is COc1ccc(C(=O)N[C@@H](N2CCCCC2)C(Cl)(Cl)Cl)cc1OC. The Morgan fingerprint density at radius 3 is 2.29 bits per heavy atom. The number of piperidine rings is 1. The minimum absolute atomic E-state index is 0.335. The van der Waals surface area contributed by atoms with Crippen molar-refractivity contribution in [2.24, 2.45) is 0 Å². The van der Waals surface area contributed by atoms with E-state index in [1.54, 1.807) is 18.2 Å². The molecule has 134 valence electrons. The standard InChI is InChI=1S/C16H21Cl3N2O3/c1-23-12-7-6-11(10-13(12)24-2)14(22)20-15(16(17,18)19)21-8-4-3-5-9-21/h6-7,10,15H,3-5,8-9H2,1-2H3,(H,20,22)/t15-/m0/s1. The van der Waals surface area contributed by atoms with Gasteiger partial charge in [0.05, 0.1) is 14.2 Å². The summed E-state index contributed by atoms with van der Waals surface area (Å²) in [5, 5.41) is 2.83. The van der Waals surface area contributed by atoms with E-state index in [1.807, 2.05) is 4.90 Å². The van der Waals surface area contributed by atoms with Crippen molar-refractivity contribution < 1.29 is 14.3 Å². The number of methoxy groups -OCH3 is 2. The zero-order valence-corrected chi connectivity index (χ0v) is 15.9. The molecule has 0 unspecified atom stereocenters. The summed E-state index contributed by atoms with van der Waals surface area (Å²) in [7, 11) is 3.05. The van der Waals surface area contributed by atoms with Crippen LogP contribution in [-0.4, -0.2) is 48.1 Å². The molecule has 1 saturated heterocycles. The number of ether oxygens (including phenoxy) is 2. The molecule has 1 aromatic rings. The van der Waals surface area contributed by atoms with Crippen LogP contribution < -0.4 is 14.8 Å². The number of benzene rings is 1. The highest BCUT2D eigenvalue weighted by atomic mass is 35.6. The fourth-order valence-electron chi connectivity index (χ4n) is 2.74. The lowest BCUT2D eigenvalue weighted by Gasteiger charge is -2.38. The van der Waals surface area contributed by atoms with Crippen LogP contribution in [0.2, 0.25) is 0 Å². The summed E-state index contributed by atoms with van der Waals surface area (Å²) in [6.45, 7) is 1.57. The molecule has 1 aliphatic rings. The molecule has 0 spiro atoms. The minimum Gasteiger partial charge on any atom is -0.493 e. The minimum atomic E-state index is -1.62. The van der Waals surface area contributed by atoms with Gasteiger partial charge in [-0.05, 0) is 31.0 Å². The maximum absolute atomic E-state index is 12.6. The summed E-state index contributed by atoms with van der Waals surface area (Å²) in [5.74, 6) is 0.675. The predicted molar refractivity (Wildman–Crippen MR) is 96.5 cm³/mol. The second kappa shape index (κ2) is 8.48. The molecule has 1 fully saturated rings. The van der Waals surface area contributed by atoms with Crippen molar-refractivity contribution >= 4 is 40.7 Å². The van der Waals surface area contributed by atoms with Crippen molar-refractivity contribution in [3.8, 4) is 11.5 Å². The molecular formula is C16H21Cl3N2O3. The topological polar surface area (TPSA) is 50.8 Å². The van der Waals surface area contributed by atoms with Gasteiger partial charge in [0.2, 0.25) is 3.79 Å². The molecule has 1 heterocycles. The molecule has 8 heteroatoms. The van der Waals surface area contributed by atoms with Gasteiger partial charge in [0, 0.05) is 18.7 Å². The van der Waals surface area contributed by atoms with Crippen molar-refractivity contribution in [2.75, 3.05) is 27.3 Å². The van der Waals surface area contributed by atoms with Gasteiger partial charge >= 0.3 is 0 Å². The number of nitrogens with one attached hydrogen (secondary N) is 1. The van der Waals surface area contributed by atoms with Gasteiger partial charge in [-0.25, -0.2) is 0 Å². The first kappa shape index (κ1) is 19.4. The molecule has 0 aromatic heterocycles. The number of halogens is 3. The van der Waals surface area contributed by atoms with Gasteiger partial charge in [-0.15, -0.1) is 0 Å². The molecule has 0 radical (unpaired) electrons. The number of hydrogen-bond acceptors (Lipinski definition) is 4. The Balaban J connectivity index is 2.18. The van der Waals surface area contributed by atoms with E-state index in [2.05, 4.69) is 5.32 Å². The van der Waals surface area contributed by atoms with Crippen LogP contribution >= 0.6 is 34.8 Å². The van der Waals surface area contributed by atoms with E-state index >= 15 is 0 Å². The van der Waals surface area contributed by atoms with Crippen LogP contribution in [0.3, 0.4) is 0 Å². The van der Waals surface area contributed by atoms with Gasteiger partial charge in [-0.3, -0.25) is 9.69 Å². The summed E-state index contributed by atoms with van der Waals surface area (Å²) < 4.78 is 8.77. The van der Waals surface area contributed by atoms with Crippen LogP contribution in [0.1, 0.15) is 29.6 Å². The van der Waals surface area contributed by atoms with E-state index in [1.165, 1.54) is 14.2 Å². The zero-order chi connectivity index (χ0) is 17.7. The maximum Gasteiger partial charge on any atom is 0.252 e. The Labute approximate surface area is 157 Å². The van der Waals surface area contributed by atoms with E-state index < -0.39 is 9.96 Å². The van der Waals surface area contributed by atoms with Crippen molar-refractivity contribution in [1.82, 2.24) is 10.2 Å². The van der Waals surface area contributed by atoms with Crippen LogP contribution in [0.5, 0.6) is 11.5 Å². The number of alkyl halides is 3. The van der Waals surface area contributed by atoms with Gasteiger partial charge in [0.25, 0.3) is 5.91 Å². The Bertz CT molecular complexity index is 572. The summed E-state index contributed by atoms with van der Waals surface area (Å²) >= 11 is 18.3. The predicted octanol–water partition coefficient (Wildman–Crippen LogP) is 3.62. The summed E-state index contributed by atoms with van der Waals surface area (Å²) in [6.07, 6.45) is 2.49. The van der Waals surface area contributed by atoms with E-state index in [9.17, 15) is 4.79 Å². The Kier molecular flexibility index (Phi) is 6.87. The lowest BCUT2D eigenvalue weighted by Crippen LogP contribution is -2.56. The lowest BCUT2D eigenvalue weighted by molar-refractivity contribution is 0.0819. The Hall–Kier alpha value is -0.880. The Morgan fingerprint density at radius 2 is 1.75 bits per heavy atom. The number of likely N-dealkylation sites (tertiary alicyclic amines) is 1. The van der Waals surface area contributed by atoms with E-state index in [0.717, 1.165) is 32.4 Å². The maximum atomic E-state index is 12.6. The van der Waals surface area contributed by atoms with E-state index in [0.29, 0.717) is 17.1 Å². The average Bonchev–Trinajstić information content (AvgIpc) is 2.58. The first-order chi connectivity index (χ1) is 11.4. The summed E-state index contributed by atoms with van der Waals surface area (Å²) in [4.78, 5) is 14.6. The van der Waals surface area contributed by atoms with Gasteiger partial charge < -0.3 is 14.8 Å². The molecule has 1 atom stereocenters. The summed E-state index contributed by atoms with van der Waals surface area (Å²) in [6, 6.07) is 4.90. The molecule has 0 bridgehead atoms. The average molecular weight is 396 g/mol. The number of amides is 1. The fraction of sp³-hybridized carbons (Fsp3) is 0.562. The molecule has 0 aliphatic carbocycles. The van der Waals surface area contributed by atoms with Crippen LogP contribution in [0.4, 0.5) is 0 Å². The van der Waals surface area contributed by atoms with Gasteiger partial charge in [0.15, 0.2) is 11.5 Å². The zero-order valence-electron chi connectivity index (χ0n) is 13.7. The molecule has 2 rings (SSSR count). The molecule has 0 saturated carbocycles. The van der Waals surface area contributed by atoms with E-state index in [4.69, 9.17) is 44.3 Å². The van der Waals surface area contributed by atoms with E-state index in [-0.39, 0.29) is 5.91 Å². The van der Waals surface area contributed by atoms with Crippen molar-refractivity contribution in [1.29, 1.82) is 0 Å². The van der Waals surface area contributed by atoms with Crippen LogP contribution in [0.25, 0.3) is 0 Å². The number of rotatable bonds is 5. The molecule has 1 aromatic carbocycles. The monoisotopic (exact) mass is 394 g/mol. The normalized spacial score (nSPS) is 17.2. The second-order valence-corrected chi connectivity index (χ2v) is 7.95. The third-order valence-electron chi connectivity index (χ3n) is 3.98. The molecular weight excluding hydrogens is 375 g/mol. The molecule has 5 nitrogen and oxygen atoms in total. The molecule has 1 N–H and O–H groups in total. The third-order valence-corrected chi connectivity index (χ3v) is 4.60. The molecule has 1 amide bonds. The van der Waals surface area contributed by atoms with Crippen molar-refractivity contribution in [2.45, 2.75) is 29.2 Å². The van der Waals surface area contributed by atoms with Crippen molar-refractivity contribution in [3.05, 3.63) is 23.8 Å². The largest absolute Gasteiger partial charge is 0.493 e.